The van der Waals surface area contributed by atoms with E-state index in [1.54, 1.807) is 28.8 Å². The zero-order chi connectivity index (χ0) is 19.6. The van der Waals surface area contributed by atoms with E-state index in [-0.39, 0.29) is 18.4 Å². The van der Waals surface area contributed by atoms with Gasteiger partial charge in [-0.3, -0.25) is 9.48 Å². The number of likely N-dealkylation sites (tertiary alicyclic amines) is 1. The number of hydrogen-bond acceptors (Lipinski definition) is 7. The molecule has 0 bridgehead atoms. The van der Waals surface area contributed by atoms with Crippen LogP contribution in [0, 0.1) is 6.92 Å². The number of sulfone groups is 1. The Balaban J connectivity index is 1.52. The average molecular weight is 416 g/mol. The second-order valence-electron chi connectivity index (χ2n) is 7.23. The second kappa shape index (κ2) is 5.95. The number of hydrogen-bond donors (Lipinski definition) is 0. The summed E-state index contributed by atoms with van der Waals surface area (Å²) in [4.78, 5) is 15.5. The van der Waals surface area contributed by atoms with E-state index >= 15 is 0 Å². The zero-order valence-corrected chi connectivity index (χ0v) is 16.9. The highest BCUT2D eigenvalue weighted by molar-refractivity contribution is 7.92. The van der Waals surface area contributed by atoms with Gasteiger partial charge in [0.2, 0.25) is 0 Å². The summed E-state index contributed by atoms with van der Waals surface area (Å²) < 4.78 is 31.6. The molecule has 0 spiro atoms. The van der Waals surface area contributed by atoms with Crippen molar-refractivity contribution in [1.29, 1.82) is 0 Å². The molecule has 5 rings (SSSR count). The topological polar surface area (TPSA) is 98.1 Å². The predicted octanol–water partition coefficient (Wildman–Crippen LogP) is 1.64. The Hall–Kier alpha value is -2.59. The third kappa shape index (κ3) is 2.44. The average Bonchev–Trinajstić information content (AvgIpc) is 3.42. The Morgan fingerprint density at radius 1 is 1.25 bits per heavy atom. The fourth-order valence-corrected chi connectivity index (χ4v) is 6.77. The molecular formula is C18H17N5O3S2. The first kappa shape index (κ1) is 17.5. The van der Waals surface area contributed by atoms with Crippen molar-refractivity contribution >= 4 is 27.3 Å². The SMILES string of the molecule is Cc1snnc1C(=O)N1CC2c3cc(-c4cnn(C)c4)ccc3S(=O)(=O)C2C1. The smallest absolute Gasteiger partial charge is 0.275 e. The first-order valence-electron chi connectivity index (χ1n) is 8.81. The van der Waals surface area contributed by atoms with Crippen LogP contribution >= 0.6 is 11.5 Å². The quantitative estimate of drug-likeness (QED) is 0.631. The maximum absolute atomic E-state index is 13.1. The van der Waals surface area contributed by atoms with E-state index in [1.807, 2.05) is 25.4 Å². The van der Waals surface area contributed by atoms with Crippen LogP contribution in [0.3, 0.4) is 0 Å². The van der Waals surface area contributed by atoms with Crippen LogP contribution in [0.5, 0.6) is 0 Å². The Morgan fingerprint density at radius 3 is 2.75 bits per heavy atom. The number of carbonyl (C=O) groups is 1. The van der Waals surface area contributed by atoms with Crippen LogP contribution in [-0.2, 0) is 16.9 Å². The summed E-state index contributed by atoms with van der Waals surface area (Å²) in [5, 5.41) is 7.49. The number of carbonyl (C=O) groups excluding carboxylic acids is 1. The van der Waals surface area contributed by atoms with Crippen LogP contribution in [0.15, 0.2) is 35.5 Å². The van der Waals surface area contributed by atoms with Gasteiger partial charge >= 0.3 is 0 Å². The molecule has 2 aliphatic rings. The van der Waals surface area contributed by atoms with Gasteiger partial charge in [-0.15, -0.1) is 5.10 Å². The van der Waals surface area contributed by atoms with E-state index in [9.17, 15) is 13.2 Å². The number of aromatic nitrogens is 4. The molecule has 1 amide bonds. The lowest BCUT2D eigenvalue weighted by atomic mass is 9.95. The third-order valence-electron chi connectivity index (χ3n) is 5.56. The highest BCUT2D eigenvalue weighted by Crippen LogP contribution is 2.46. The molecule has 1 fully saturated rings. The van der Waals surface area contributed by atoms with Crippen LogP contribution < -0.4 is 0 Å². The van der Waals surface area contributed by atoms with E-state index < -0.39 is 15.1 Å². The Morgan fingerprint density at radius 2 is 2.07 bits per heavy atom. The third-order valence-corrected chi connectivity index (χ3v) is 8.45. The second-order valence-corrected chi connectivity index (χ2v) is 10.3. The maximum atomic E-state index is 13.1. The summed E-state index contributed by atoms with van der Waals surface area (Å²) in [6.07, 6.45) is 3.65. The highest BCUT2D eigenvalue weighted by Gasteiger charge is 2.51. The van der Waals surface area contributed by atoms with Gasteiger partial charge in [-0.05, 0) is 41.7 Å². The number of rotatable bonds is 2. The minimum Gasteiger partial charge on any atom is -0.335 e. The Bertz CT molecular complexity index is 1210. The predicted molar refractivity (Wildman–Crippen MR) is 103 cm³/mol. The van der Waals surface area contributed by atoms with Crippen molar-refractivity contribution in [3.8, 4) is 11.1 Å². The zero-order valence-electron chi connectivity index (χ0n) is 15.2. The number of amides is 1. The molecule has 144 valence electrons. The molecule has 8 nitrogen and oxygen atoms in total. The van der Waals surface area contributed by atoms with Crippen molar-refractivity contribution in [3.05, 3.63) is 46.7 Å². The van der Waals surface area contributed by atoms with Crippen molar-refractivity contribution in [2.75, 3.05) is 13.1 Å². The first-order valence-corrected chi connectivity index (χ1v) is 11.1. The van der Waals surface area contributed by atoms with Crippen molar-refractivity contribution in [2.45, 2.75) is 23.0 Å². The van der Waals surface area contributed by atoms with Gasteiger partial charge in [0.1, 0.15) is 0 Å². The minimum atomic E-state index is -3.47. The lowest BCUT2D eigenvalue weighted by Crippen LogP contribution is -2.32. The largest absolute Gasteiger partial charge is 0.335 e. The van der Waals surface area contributed by atoms with Crippen LogP contribution in [0.2, 0.25) is 0 Å². The van der Waals surface area contributed by atoms with Crippen LogP contribution in [0.4, 0.5) is 0 Å². The lowest BCUT2D eigenvalue weighted by Gasteiger charge is -2.17. The molecule has 1 aromatic carbocycles. The molecule has 0 radical (unpaired) electrons. The van der Waals surface area contributed by atoms with Crippen LogP contribution in [0.1, 0.15) is 26.8 Å². The molecule has 3 aromatic rings. The van der Waals surface area contributed by atoms with Crippen molar-refractivity contribution in [3.63, 3.8) is 0 Å². The number of fused-ring (bicyclic) bond motifs is 3. The monoisotopic (exact) mass is 415 g/mol. The van der Waals surface area contributed by atoms with Gasteiger partial charge in [-0.2, -0.15) is 5.10 Å². The van der Waals surface area contributed by atoms with Crippen molar-refractivity contribution < 1.29 is 13.2 Å². The lowest BCUT2D eigenvalue weighted by molar-refractivity contribution is 0.0784. The van der Waals surface area contributed by atoms with Gasteiger partial charge in [0.15, 0.2) is 15.5 Å². The van der Waals surface area contributed by atoms with E-state index in [1.165, 1.54) is 11.5 Å². The molecule has 4 heterocycles. The molecule has 1 saturated heterocycles. The van der Waals surface area contributed by atoms with Gasteiger partial charge in [0, 0.05) is 37.8 Å². The summed E-state index contributed by atoms with van der Waals surface area (Å²) in [5.74, 6) is -0.478. The molecule has 0 aliphatic carbocycles. The number of aryl methyl sites for hydroxylation is 2. The van der Waals surface area contributed by atoms with Gasteiger partial charge in [-0.25, -0.2) is 8.42 Å². The summed E-state index contributed by atoms with van der Waals surface area (Å²) in [7, 11) is -1.63. The molecule has 10 heteroatoms. The van der Waals surface area contributed by atoms with Gasteiger partial charge in [0.05, 0.1) is 21.2 Å². The Labute approximate surface area is 165 Å². The molecule has 0 N–H and O–H groups in total. The van der Waals surface area contributed by atoms with Crippen molar-refractivity contribution in [1.82, 2.24) is 24.3 Å². The number of benzene rings is 1. The summed E-state index contributed by atoms with van der Waals surface area (Å²) >= 11 is 1.17. The molecule has 2 aliphatic heterocycles. The fraction of sp³-hybridized carbons (Fsp3) is 0.333. The van der Waals surface area contributed by atoms with Crippen LogP contribution in [0.25, 0.3) is 11.1 Å². The van der Waals surface area contributed by atoms with Gasteiger partial charge in [-0.1, -0.05) is 10.6 Å². The van der Waals surface area contributed by atoms with Crippen molar-refractivity contribution in [2.24, 2.45) is 7.05 Å². The normalized spacial score (nSPS) is 22.3. The molecule has 28 heavy (non-hydrogen) atoms. The first-order chi connectivity index (χ1) is 13.4. The van der Waals surface area contributed by atoms with Gasteiger partial charge < -0.3 is 4.90 Å². The fourth-order valence-electron chi connectivity index (χ4n) is 4.14. The van der Waals surface area contributed by atoms with Crippen LogP contribution in [-0.4, -0.2) is 56.9 Å². The van der Waals surface area contributed by atoms with E-state index in [0.29, 0.717) is 17.1 Å². The Kier molecular flexibility index (Phi) is 3.72. The molecule has 2 aromatic heterocycles. The van der Waals surface area contributed by atoms with Gasteiger partial charge in [0.25, 0.3) is 5.91 Å². The molecule has 2 unspecified atom stereocenters. The molecular weight excluding hydrogens is 398 g/mol. The highest BCUT2D eigenvalue weighted by atomic mass is 32.2. The van der Waals surface area contributed by atoms with E-state index in [4.69, 9.17) is 0 Å². The summed E-state index contributed by atoms with van der Waals surface area (Å²) in [6.45, 7) is 2.34. The molecule has 0 saturated carbocycles. The maximum Gasteiger partial charge on any atom is 0.275 e. The van der Waals surface area contributed by atoms with E-state index in [0.717, 1.165) is 21.6 Å². The summed E-state index contributed by atoms with van der Waals surface area (Å²) in [5.41, 5.74) is 2.95. The molecule has 2 atom stereocenters. The number of nitrogens with zero attached hydrogens (tertiary/aromatic N) is 5. The standard InChI is InChI=1S/C18H17N5O3S2/c1-10-17(20-21-27-10)18(24)23-8-14-13-5-11(12-6-19-22(2)7-12)3-4-15(13)28(25,26)16(14)9-23/h3-7,14,16H,8-9H2,1-2H3. The van der Waals surface area contributed by atoms with E-state index in [2.05, 4.69) is 14.7 Å². The summed E-state index contributed by atoms with van der Waals surface area (Å²) in [6, 6.07) is 5.44. The minimum absolute atomic E-state index is 0.180.